The van der Waals surface area contributed by atoms with Crippen molar-refractivity contribution in [3.05, 3.63) is 0 Å². The van der Waals surface area contributed by atoms with Crippen LogP contribution in [0.15, 0.2) is 0 Å². The third-order valence-corrected chi connectivity index (χ3v) is 2.36. The van der Waals surface area contributed by atoms with Gasteiger partial charge in [-0.1, -0.05) is 13.8 Å². The molecule has 2 N–H and O–H groups in total. The third kappa shape index (κ3) is 1.96. The van der Waals surface area contributed by atoms with Gasteiger partial charge in [0.15, 0.2) is 0 Å². The van der Waals surface area contributed by atoms with Crippen molar-refractivity contribution in [2.24, 2.45) is 11.8 Å². The lowest BCUT2D eigenvalue weighted by atomic mass is 9.87. The van der Waals surface area contributed by atoms with Gasteiger partial charge in [-0.2, -0.15) is 0 Å². The van der Waals surface area contributed by atoms with Crippen molar-refractivity contribution >= 4 is 0 Å². The zero-order valence-electron chi connectivity index (χ0n) is 6.80. The largest absolute Gasteiger partial charge is 0.379 e. The Labute approximate surface area is 62.6 Å². The smallest absolute Gasteiger partial charge is 0.105 e. The maximum atomic E-state index is 9.22. The van der Waals surface area contributed by atoms with Crippen molar-refractivity contribution in [2.75, 3.05) is 6.54 Å². The van der Waals surface area contributed by atoms with Crippen molar-refractivity contribution in [3.63, 3.8) is 0 Å². The first-order chi connectivity index (χ1) is 4.70. The molecule has 2 heteroatoms. The molecule has 1 rings (SSSR count). The van der Waals surface area contributed by atoms with E-state index < -0.39 is 0 Å². The Kier molecular flexibility index (Phi) is 2.69. The Morgan fingerprint density at radius 1 is 1.50 bits per heavy atom. The van der Waals surface area contributed by atoms with Gasteiger partial charge in [0.25, 0.3) is 0 Å². The number of piperidine rings is 1. The maximum absolute atomic E-state index is 9.22. The van der Waals surface area contributed by atoms with Gasteiger partial charge in [0.2, 0.25) is 0 Å². The first kappa shape index (κ1) is 8.02. The standard InChI is InChI=1S/C8H17NO/c1-6(2)7-3-4-9-8(10)5-7/h6-10H,3-5H2,1-2H3/t7-,8-/m1/s1. The molecule has 0 saturated carbocycles. The predicted octanol–water partition coefficient (Wildman–Crippen LogP) is 0.960. The van der Waals surface area contributed by atoms with Crippen LogP contribution in [-0.2, 0) is 0 Å². The Bertz CT molecular complexity index is 103. The zero-order chi connectivity index (χ0) is 7.56. The molecule has 0 radical (unpaired) electrons. The van der Waals surface area contributed by atoms with Crippen LogP contribution in [0.2, 0.25) is 0 Å². The number of nitrogens with one attached hydrogen (secondary N) is 1. The highest BCUT2D eigenvalue weighted by atomic mass is 16.3. The third-order valence-electron chi connectivity index (χ3n) is 2.36. The molecule has 0 spiro atoms. The average molecular weight is 143 g/mol. The van der Waals surface area contributed by atoms with E-state index in [0.29, 0.717) is 0 Å². The fraction of sp³-hybridized carbons (Fsp3) is 1.00. The molecule has 0 aromatic carbocycles. The molecule has 1 fully saturated rings. The lowest BCUT2D eigenvalue weighted by Crippen LogP contribution is -2.39. The van der Waals surface area contributed by atoms with E-state index >= 15 is 0 Å². The van der Waals surface area contributed by atoms with Gasteiger partial charge < -0.3 is 5.11 Å². The van der Waals surface area contributed by atoms with E-state index in [1.54, 1.807) is 0 Å². The van der Waals surface area contributed by atoms with Crippen LogP contribution in [-0.4, -0.2) is 17.9 Å². The minimum absolute atomic E-state index is 0.249. The van der Waals surface area contributed by atoms with Crippen molar-refractivity contribution in [1.82, 2.24) is 5.32 Å². The Hall–Kier alpha value is -0.0800. The summed E-state index contributed by atoms with van der Waals surface area (Å²) in [5.41, 5.74) is 0. The van der Waals surface area contributed by atoms with Gasteiger partial charge in [-0.25, -0.2) is 0 Å². The second-order valence-electron chi connectivity index (χ2n) is 3.50. The fourth-order valence-corrected chi connectivity index (χ4v) is 1.53. The van der Waals surface area contributed by atoms with Gasteiger partial charge in [0, 0.05) is 0 Å². The van der Waals surface area contributed by atoms with E-state index in [0.717, 1.165) is 24.8 Å². The summed E-state index contributed by atoms with van der Waals surface area (Å²) in [6.07, 6.45) is 1.90. The summed E-state index contributed by atoms with van der Waals surface area (Å²) in [5.74, 6) is 1.44. The normalized spacial score (nSPS) is 34.8. The van der Waals surface area contributed by atoms with Crippen LogP contribution in [0, 0.1) is 11.8 Å². The van der Waals surface area contributed by atoms with E-state index in [4.69, 9.17) is 0 Å². The van der Waals surface area contributed by atoms with E-state index in [9.17, 15) is 5.11 Å². The van der Waals surface area contributed by atoms with Crippen molar-refractivity contribution < 1.29 is 5.11 Å². The molecule has 0 aliphatic carbocycles. The monoisotopic (exact) mass is 143 g/mol. The number of hydrogen-bond acceptors (Lipinski definition) is 2. The summed E-state index contributed by atoms with van der Waals surface area (Å²) in [6, 6.07) is 0. The summed E-state index contributed by atoms with van der Waals surface area (Å²) in [4.78, 5) is 0. The van der Waals surface area contributed by atoms with Gasteiger partial charge in [0.1, 0.15) is 6.23 Å². The van der Waals surface area contributed by atoms with Gasteiger partial charge >= 0.3 is 0 Å². The Morgan fingerprint density at radius 3 is 2.60 bits per heavy atom. The van der Waals surface area contributed by atoms with Crippen molar-refractivity contribution in [3.8, 4) is 0 Å². The molecule has 60 valence electrons. The number of aliphatic hydroxyl groups is 1. The van der Waals surface area contributed by atoms with Crippen molar-refractivity contribution in [2.45, 2.75) is 32.9 Å². The summed E-state index contributed by atoms with van der Waals surface area (Å²) >= 11 is 0. The SMILES string of the molecule is CC(C)[C@@H]1CCN[C@H](O)C1. The number of aliphatic hydroxyl groups excluding tert-OH is 1. The van der Waals surface area contributed by atoms with Crippen LogP contribution < -0.4 is 5.32 Å². The number of rotatable bonds is 1. The summed E-state index contributed by atoms with van der Waals surface area (Å²) in [5, 5.41) is 12.2. The number of hydrogen-bond donors (Lipinski definition) is 2. The topological polar surface area (TPSA) is 32.3 Å². The summed E-state index contributed by atoms with van der Waals surface area (Å²) in [6.45, 7) is 5.43. The van der Waals surface area contributed by atoms with Crippen molar-refractivity contribution in [1.29, 1.82) is 0 Å². The quantitative estimate of drug-likeness (QED) is 0.573. The molecule has 0 unspecified atom stereocenters. The molecule has 0 amide bonds. The Morgan fingerprint density at radius 2 is 2.20 bits per heavy atom. The minimum atomic E-state index is -0.249. The first-order valence-electron chi connectivity index (χ1n) is 4.11. The van der Waals surface area contributed by atoms with Crippen LogP contribution in [0.1, 0.15) is 26.7 Å². The van der Waals surface area contributed by atoms with Crippen LogP contribution in [0.5, 0.6) is 0 Å². The lowest BCUT2D eigenvalue weighted by molar-refractivity contribution is 0.0675. The van der Waals surface area contributed by atoms with E-state index in [1.807, 2.05) is 0 Å². The molecule has 1 aliphatic rings. The van der Waals surface area contributed by atoms with E-state index in [1.165, 1.54) is 6.42 Å². The first-order valence-corrected chi connectivity index (χ1v) is 4.11. The fourth-order valence-electron chi connectivity index (χ4n) is 1.53. The highest BCUT2D eigenvalue weighted by molar-refractivity contribution is 4.73. The molecular formula is C8H17NO. The molecule has 0 aromatic rings. The molecule has 2 atom stereocenters. The second kappa shape index (κ2) is 3.35. The molecule has 1 aliphatic heterocycles. The molecular weight excluding hydrogens is 126 g/mol. The Balaban J connectivity index is 2.32. The van der Waals surface area contributed by atoms with Gasteiger partial charge in [0.05, 0.1) is 0 Å². The predicted molar refractivity (Wildman–Crippen MR) is 41.6 cm³/mol. The highest BCUT2D eigenvalue weighted by Gasteiger charge is 2.21. The highest BCUT2D eigenvalue weighted by Crippen LogP contribution is 2.22. The summed E-state index contributed by atoms with van der Waals surface area (Å²) < 4.78 is 0. The van der Waals surface area contributed by atoms with Crippen LogP contribution in [0.25, 0.3) is 0 Å². The second-order valence-corrected chi connectivity index (χ2v) is 3.50. The van der Waals surface area contributed by atoms with E-state index in [2.05, 4.69) is 19.2 Å². The maximum Gasteiger partial charge on any atom is 0.105 e. The van der Waals surface area contributed by atoms with Crippen LogP contribution in [0.4, 0.5) is 0 Å². The molecule has 10 heavy (non-hydrogen) atoms. The minimum Gasteiger partial charge on any atom is -0.379 e. The molecule has 1 heterocycles. The zero-order valence-corrected chi connectivity index (χ0v) is 6.80. The van der Waals surface area contributed by atoms with Gasteiger partial charge in [-0.05, 0) is 31.2 Å². The van der Waals surface area contributed by atoms with Gasteiger partial charge in [-0.15, -0.1) is 0 Å². The molecule has 1 saturated heterocycles. The lowest BCUT2D eigenvalue weighted by Gasteiger charge is -2.29. The van der Waals surface area contributed by atoms with Crippen LogP contribution in [0.3, 0.4) is 0 Å². The summed E-state index contributed by atoms with van der Waals surface area (Å²) in [7, 11) is 0. The molecule has 2 nitrogen and oxygen atoms in total. The molecule has 0 bridgehead atoms. The van der Waals surface area contributed by atoms with E-state index in [-0.39, 0.29) is 6.23 Å². The average Bonchev–Trinajstić information content (AvgIpc) is 1.88. The van der Waals surface area contributed by atoms with Crippen LogP contribution >= 0.6 is 0 Å². The molecule has 0 aromatic heterocycles. The van der Waals surface area contributed by atoms with Gasteiger partial charge in [-0.3, -0.25) is 5.32 Å².